The van der Waals surface area contributed by atoms with Crippen LogP contribution in [0, 0.1) is 11.8 Å². The molecular formula is C12H25NO. The van der Waals surface area contributed by atoms with E-state index < -0.39 is 0 Å². The van der Waals surface area contributed by atoms with Crippen LogP contribution in [0.5, 0.6) is 0 Å². The molecule has 1 aliphatic rings. The van der Waals surface area contributed by atoms with Gasteiger partial charge < -0.3 is 10.1 Å². The monoisotopic (exact) mass is 199 g/mol. The van der Waals surface area contributed by atoms with Crippen LogP contribution in [0.3, 0.4) is 0 Å². The molecule has 1 aliphatic carbocycles. The van der Waals surface area contributed by atoms with Crippen LogP contribution in [-0.2, 0) is 4.74 Å². The van der Waals surface area contributed by atoms with Gasteiger partial charge in [-0.1, -0.05) is 33.1 Å². The highest BCUT2D eigenvalue weighted by atomic mass is 16.5. The molecule has 0 aliphatic heterocycles. The summed E-state index contributed by atoms with van der Waals surface area (Å²) >= 11 is 0. The third-order valence-electron chi connectivity index (χ3n) is 3.37. The van der Waals surface area contributed by atoms with Gasteiger partial charge in [-0.05, 0) is 25.3 Å². The molecule has 0 aromatic rings. The van der Waals surface area contributed by atoms with Gasteiger partial charge >= 0.3 is 0 Å². The third kappa shape index (κ3) is 3.97. The second-order valence-corrected chi connectivity index (χ2v) is 4.80. The van der Waals surface area contributed by atoms with E-state index in [4.69, 9.17) is 4.74 Å². The van der Waals surface area contributed by atoms with Crippen LogP contribution in [0.2, 0.25) is 0 Å². The van der Waals surface area contributed by atoms with Crippen LogP contribution in [0.4, 0.5) is 0 Å². The molecule has 0 heterocycles. The van der Waals surface area contributed by atoms with Crippen LogP contribution in [-0.4, -0.2) is 26.3 Å². The van der Waals surface area contributed by atoms with Crippen molar-refractivity contribution in [1.29, 1.82) is 0 Å². The molecule has 14 heavy (non-hydrogen) atoms. The van der Waals surface area contributed by atoms with Crippen molar-refractivity contribution in [3.63, 3.8) is 0 Å². The van der Waals surface area contributed by atoms with Crippen LogP contribution in [0.15, 0.2) is 0 Å². The van der Waals surface area contributed by atoms with E-state index in [1.165, 1.54) is 25.7 Å². The van der Waals surface area contributed by atoms with E-state index in [2.05, 4.69) is 19.2 Å². The Bertz CT molecular complexity index is 143. The second-order valence-electron chi connectivity index (χ2n) is 4.80. The number of hydrogen-bond acceptors (Lipinski definition) is 2. The van der Waals surface area contributed by atoms with Crippen molar-refractivity contribution in [2.45, 2.75) is 45.6 Å². The van der Waals surface area contributed by atoms with Crippen molar-refractivity contribution in [3.05, 3.63) is 0 Å². The number of hydrogen-bond donors (Lipinski definition) is 1. The van der Waals surface area contributed by atoms with Crippen molar-refractivity contribution in [3.8, 4) is 0 Å². The van der Waals surface area contributed by atoms with Gasteiger partial charge in [0.2, 0.25) is 0 Å². The highest BCUT2D eigenvalue weighted by Gasteiger charge is 2.17. The Morgan fingerprint density at radius 2 is 2.07 bits per heavy atom. The minimum absolute atomic E-state index is 0.511. The van der Waals surface area contributed by atoms with E-state index in [9.17, 15) is 0 Å². The van der Waals surface area contributed by atoms with Crippen LogP contribution < -0.4 is 5.32 Å². The predicted octanol–water partition coefficient (Wildman–Crippen LogP) is 2.44. The Balaban J connectivity index is 1.95. The molecule has 0 spiro atoms. The summed E-state index contributed by atoms with van der Waals surface area (Å²) in [5.41, 5.74) is 0. The van der Waals surface area contributed by atoms with Crippen LogP contribution >= 0.6 is 0 Å². The van der Waals surface area contributed by atoms with Gasteiger partial charge in [0.25, 0.3) is 0 Å². The van der Waals surface area contributed by atoms with Gasteiger partial charge in [-0.2, -0.15) is 0 Å². The van der Waals surface area contributed by atoms with Gasteiger partial charge in [0.05, 0.1) is 6.61 Å². The summed E-state index contributed by atoms with van der Waals surface area (Å²) in [6.45, 7) is 6.28. The summed E-state index contributed by atoms with van der Waals surface area (Å²) < 4.78 is 5.69. The molecule has 1 atom stereocenters. The Labute approximate surface area is 88.4 Å². The van der Waals surface area contributed by atoms with Crippen molar-refractivity contribution in [1.82, 2.24) is 5.32 Å². The summed E-state index contributed by atoms with van der Waals surface area (Å²) in [7, 11) is 2.01. The molecule has 1 N–H and O–H groups in total. The maximum Gasteiger partial charge on any atom is 0.0621 e. The van der Waals surface area contributed by atoms with Gasteiger partial charge in [0.1, 0.15) is 0 Å². The van der Waals surface area contributed by atoms with Crippen LogP contribution in [0.25, 0.3) is 0 Å². The summed E-state index contributed by atoms with van der Waals surface area (Å²) in [5, 5.41) is 3.29. The van der Waals surface area contributed by atoms with E-state index in [-0.39, 0.29) is 0 Å². The highest BCUT2D eigenvalue weighted by Crippen LogP contribution is 2.29. The van der Waals surface area contributed by atoms with Gasteiger partial charge in [-0.25, -0.2) is 0 Å². The number of ether oxygens (including phenoxy) is 1. The largest absolute Gasteiger partial charge is 0.380 e. The molecule has 84 valence electrons. The lowest BCUT2D eigenvalue weighted by molar-refractivity contribution is 0.0807. The fourth-order valence-corrected chi connectivity index (χ4v) is 1.85. The van der Waals surface area contributed by atoms with Crippen LogP contribution in [0.1, 0.15) is 39.5 Å². The van der Waals surface area contributed by atoms with Crippen molar-refractivity contribution in [2.75, 3.05) is 20.3 Å². The summed E-state index contributed by atoms with van der Waals surface area (Å²) in [4.78, 5) is 0. The molecule has 1 saturated carbocycles. The van der Waals surface area contributed by atoms with Crippen molar-refractivity contribution in [2.24, 2.45) is 11.8 Å². The standard InChI is InChI=1S/C12H25NO/c1-10(2)12(13-3)9-14-8-7-11-5-4-6-11/h10-13H,4-9H2,1-3H3. The van der Waals surface area contributed by atoms with E-state index in [1.807, 2.05) is 7.05 Å². The number of likely N-dealkylation sites (N-methyl/N-ethyl adjacent to an activating group) is 1. The zero-order valence-corrected chi connectivity index (χ0v) is 9.88. The molecule has 0 aromatic heterocycles. The van der Waals surface area contributed by atoms with Gasteiger partial charge in [0, 0.05) is 12.6 Å². The molecule has 1 fully saturated rings. The normalized spacial score (nSPS) is 19.7. The van der Waals surface area contributed by atoms with Crippen molar-refractivity contribution >= 4 is 0 Å². The maximum atomic E-state index is 5.69. The first-order valence-electron chi connectivity index (χ1n) is 5.99. The Hall–Kier alpha value is -0.0800. The zero-order chi connectivity index (χ0) is 10.4. The Morgan fingerprint density at radius 1 is 1.36 bits per heavy atom. The smallest absolute Gasteiger partial charge is 0.0621 e. The molecular weight excluding hydrogens is 174 g/mol. The highest BCUT2D eigenvalue weighted by molar-refractivity contribution is 4.70. The molecule has 0 saturated heterocycles. The Kier molecular flexibility index (Phi) is 5.49. The number of nitrogens with one attached hydrogen (secondary N) is 1. The lowest BCUT2D eigenvalue weighted by atomic mass is 9.83. The predicted molar refractivity (Wildman–Crippen MR) is 60.5 cm³/mol. The molecule has 1 unspecified atom stereocenters. The first kappa shape index (κ1) is 12.0. The lowest BCUT2D eigenvalue weighted by Gasteiger charge is -2.26. The molecule has 0 bridgehead atoms. The minimum Gasteiger partial charge on any atom is -0.380 e. The first-order chi connectivity index (χ1) is 6.74. The average Bonchev–Trinajstić information content (AvgIpc) is 2.07. The molecule has 0 aromatic carbocycles. The molecule has 2 heteroatoms. The summed E-state index contributed by atoms with van der Waals surface area (Å²) in [6, 6.07) is 0.511. The van der Waals surface area contributed by atoms with E-state index in [0.29, 0.717) is 12.0 Å². The van der Waals surface area contributed by atoms with E-state index in [1.54, 1.807) is 0 Å². The summed E-state index contributed by atoms with van der Waals surface area (Å²) in [6.07, 6.45) is 5.58. The maximum absolute atomic E-state index is 5.69. The van der Waals surface area contributed by atoms with Gasteiger partial charge in [0.15, 0.2) is 0 Å². The van der Waals surface area contributed by atoms with E-state index >= 15 is 0 Å². The molecule has 0 amide bonds. The van der Waals surface area contributed by atoms with E-state index in [0.717, 1.165) is 19.1 Å². The molecule has 1 rings (SSSR count). The fraction of sp³-hybridized carbons (Fsp3) is 1.00. The summed E-state index contributed by atoms with van der Waals surface area (Å²) in [5.74, 6) is 1.63. The fourth-order valence-electron chi connectivity index (χ4n) is 1.85. The third-order valence-corrected chi connectivity index (χ3v) is 3.37. The Morgan fingerprint density at radius 3 is 2.50 bits per heavy atom. The number of rotatable bonds is 7. The minimum atomic E-state index is 0.511. The quantitative estimate of drug-likeness (QED) is 0.636. The van der Waals surface area contributed by atoms with Gasteiger partial charge in [-0.3, -0.25) is 0 Å². The lowest BCUT2D eigenvalue weighted by Crippen LogP contribution is -2.35. The van der Waals surface area contributed by atoms with Gasteiger partial charge in [-0.15, -0.1) is 0 Å². The topological polar surface area (TPSA) is 21.3 Å². The average molecular weight is 199 g/mol. The SMILES string of the molecule is CNC(COCCC1CCC1)C(C)C. The van der Waals surface area contributed by atoms with Crippen molar-refractivity contribution < 1.29 is 4.74 Å². The first-order valence-corrected chi connectivity index (χ1v) is 5.99. The molecule has 2 nitrogen and oxygen atoms in total. The zero-order valence-electron chi connectivity index (χ0n) is 9.88. The second kappa shape index (κ2) is 6.41. The molecule has 0 radical (unpaired) electrons.